The molecule has 0 aliphatic carbocycles. The van der Waals surface area contributed by atoms with Gasteiger partial charge in [0, 0.05) is 18.7 Å². The van der Waals surface area contributed by atoms with E-state index < -0.39 is 0 Å². The third-order valence-corrected chi connectivity index (χ3v) is 6.19. The van der Waals surface area contributed by atoms with Gasteiger partial charge in [0.2, 0.25) is 5.91 Å². The van der Waals surface area contributed by atoms with Crippen LogP contribution < -0.4 is 10.6 Å². The first kappa shape index (κ1) is 20.1. The van der Waals surface area contributed by atoms with Crippen LogP contribution in [-0.2, 0) is 11.2 Å². The van der Waals surface area contributed by atoms with Crippen molar-refractivity contribution < 1.29 is 14.4 Å². The lowest BCUT2D eigenvalue weighted by Gasteiger charge is -2.32. The first-order valence-electron chi connectivity index (χ1n) is 10.5. The predicted molar refractivity (Wildman–Crippen MR) is 116 cm³/mol. The molecule has 156 valence electrons. The summed E-state index contributed by atoms with van der Waals surface area (Å²) in [6.07, 6.45) is 2.99. The fourth-order valence-corrected chi connectivity index (χ4v) is 4.22. The van der Waals surface area contributed by atoms with Crippen molar-refractivity contribution in [1.82, 2.24) is 10.2 Å². The highest BCUT2D eigenvalue weighted by Crippen LogP contribution is 2.25. The molecule has 0 radical (unpaired) electrons. The number of hydrogen-bond donors (Lipinski definition) is 2. The summed E-state index contributed by atoms with van der Waals surface area (Å²) in [5.41, 5.74) is 5.27. The average molecular weight is 405 g/mol. The standard InChI is InChI=1S/C24H27N3O3/c1-15-3-4-18(11-16(15)2)12-17-7-9-27(10-8-17)24(30)19-5-6-20-21(13-19)26-22(28)14-25-23(20)29/h3-6,11,13,17H,7-10,12,14H2,1-2H3,(H,25,29)(H,26,28). The molecule has 0 bridgehead atoms. The molecule has 6 heteroatoms. The quantitative estimate of drug-likeness (QED) is 0.824. The molecular formula is C24H27N3O3. The number of piperidine rings is 1. The third kappa shape index (κ3) is 4.22. The lowest BCUT2D eigenvalue weighted by Crippen LogP contribution is -2.39. The number of hydrogen-bond acceptors (Lipinski definition) is 3. The molecule has 6 nitrogen and oxygen atoms in total. The molecular weight excluding hydrogens is 378 g/mol. The molecule has 1 fully saturated rings. The Bertz CT molecular complexity index is 1010. The van der Waals surface area contributed by atoms with Crippen molar-refractivity contribution in [1.29, 1.82) is 0 Å². The monoisotopic (exact) mass is 405 g/mol. The second-order valence-corrected chi connectivity index (χ2v) is 8.35. The maximum absolute atomic E-state index is 13.0. The Kier molecular flexibility index (Phi) is 5.57. The van der Waals surface area contributed by atoms with E-state index in [4.69, 9.17) is 0 Å². The summed E-state index contributed by atoms with van der Waals surface area (Å²) in [7, 11) is 0. The lowest BCUT2D eigenvalue weighted by atomic mass is 9.89. The van der Waals surface area contributed by atoms with Crippen molar-refractivity contribution in [2.24, 2.45) is 5.92 Å². The van der Waals surface area contributed by atoms with Crippen molar-refractivity contribution in [2.45, 2.75) is 33.1 Å². The van der Waals surface area contributed by atoms with Crippen LogP contribution >= 0.6 is 0 Å². The van der Waals surface area contributed by atoms with E-state index in [1.807, 2.05) is 4.90 Å². The second-order valence-electron chi connectivity index (χ2n) is 8.35. The van der Waals surface area contributed by atoms with E-state index in [0.29, 0.717) is 22.7 Å². The first-order chi connectivity index (χ1) is 14.4. The lowest BCUT2D eigenvalue weighted by molar-refractivity contribution is -0.115. The minimum absolute atomic E-state index is 0.0543. The molecule has 1 saturated heterocycles. The molecule has 2 aliphatic heterocycles. The highest BCUT2D eigenvalue weighted by Gasteiger charge is 2.26. The van der Waals surface area contributed by atoms with Gasteiger partial charge in [0.25, 0.3) is 11.8 Å². The van der Waals surface area contributed by atoms with Crippen molar-refractivity contribution in [2.75, 3.05) is 25.0 Å². The molecule has 0 atom stereocenters. The van der Waals surface area contributed by atoms with Gasteiger partial charge in [-0.3, -0.25) is 14.4 Å². The zero-order chi connectivity index (χ0) is 21.3. The highest BCUT2D eigenvalue weighted by atomic mass is 16.2. The maximum atomic E-state index is 13.0. The molecule has 2 N–H and O–H groups in total. The van der Waals surface area contributed by atoms with Gasteiger partial charge in [-0.1, -0.05) is 18.2 Å². The van der Waals surface area contributed by atoms with Crippen LogP contribution in [0, 0.1) is 19.8 Å². The third-order valence-electron chi connectivity index (χ3n) is 6.19. The van der Waals surface area contributed by atoms with Gasteiger partial charge in [0.15, 0.2) is 0 Å². The molecule has 2 aromatic carbocycles. The molecule has 30 heavy (non-hydrogen) atoms. The number of anilines is 1. The summed E-state index contributed by atoms with van der Waals surface area (Å²) in [6.45, 7) is 5.65. The molecule has 2 heterocycles. The van der Waals surface area contributed by atoms with Crippen LogP contribution in [0.3, 0.4) is 0 Å². The van der Waals surface area contributed by atoms with E-state index >= 15 is 0 Å². The van der Waals surface area contributed by atoms with E-state index in [1.165, 1.54) is 16.7 Å². The Morgan fingerprint density at radius 2 is 1.80 bits per heavy atom. The van der Waals surface area contributed by atoms with Crippen LogP contribution in [0.4, 0.5) is 5.69 Å². The molecule has 2 aliphatic rings. The number of carbonyl (C=O) groups excluding carboxylic acids is 3. The second kappa shape index (κ2) is 8.30. The topological polar surface area (TPSA) is 78.5 Å². The van der Waals surface area contributed by atoms with Crippen molar-refractivity contribution >= 4 is 23.4 Å². The number of nitrogens with zero attached hydrogens (tertiary/aromatic N) is 1. The zero-order valence-corrected chi connectivity index (χ0v) is 17.5. The number of carbonyl (C=O) groups is 3. The molecule has 2 aromatic rings. The smallest absolute Gasteiger partial charge is 0.253 e. The largest absolute Gasteiger partial charge is 0.343 e. The van der Waals surface area contributed by atoms with Gasteiger partial charge in [-0.25, -0.2) is 0 Å². The average Bonchev–Trinajstić information content (AvgIpc) is 2.88. The number of benzene rings is 2. The first-order valence-corrected chi connectivity index (χ1v) is 10.5. The van der Waals surface area contributed by atoms with Crippen LogP contribution in [0.15, 0.2) is 36.4 Å². The van der Waals surface area contributed by atoms with E-state index in [2.05, 4.69) is 42.7 Å². The van der Waals surface area contributed by atoms with Crippen LogP contribution in [0.2, 0.25) is 0 Å². The Hall–Kier alpha value is -3.15. The van der Waals surface area contributed by atoms with Gasteiger partial charge < -0.3 is 15.5 Å². The maximum Gasteiger partial charge on any atom is 0.253 e. The van der Waals surface area contributed by atoms with E-state index in [-0.39, 0.29) is 24.3 Å². The van der Waals surface area contributed by atoms with Crippen LogP contribution in [-0.4, -0.2) is 42.3 Å². The predicted octanol–water partition coefficient (Wildman–Crippen LogP) is 3.08. The SMILES string of the molecule is Cc1ccc(CC2CCN(C(=O)c3ccc4c(c3)NC(=O)CNC4=O)CC2)cc1C. The number of aryl methyl sites for hydroxylation is 2. The summed E-state index contributed by atoms with van der Waals surface area (Å²) in [5, 5.41) is 5.25. The van der Waals surface area contributed by atoms with Gasteiger partial charge in [-0.05, 0) is 73.9 Å². The molecule has 3 amide bonds. The molecule has 0 unspecified atom stereocenters. The Morgan fingerprint density at radius 1 is 1.03 bits per heavy atom. The molecule has 0 saturated carbocycles. The van der Waals surface area contributed by atoms with E-state index in [1.54, 1.807) is 18.2 Å². The molecule has 0 aromatic heterocycles. The number of likely N-dealkylation sites (tertiary alicyclic amines) is 1. The Balaban J connectivity index is 1.40. The number of nitrogens with one attached hydrogen (secondary N) is 2. The zero-order valence-electron chi connectivity index (χ0n) is 17.5. The summed E-state index contributed by atoms with van der Waals surface area (Å²) in [6, 6.07) is 11.5. The number of amides is 3. The van der Waals surface area contributed by atoms with Crippen LogP contribution in [0.5, 0.6) is 0 Å². The molecule has 4 rings (SSSR count). The Labute approximate surface area is 176 Å². The summed E-state index contributed by atoms with van der Waals surface area (Å²) in [5.74, 6) is -0.0825. The Morgan fingerprint density at radius 3 is 2.53 bits per heavy atom. The fourth-order valence-electron chi connectivity index (χ4n) is 4.22. The normalized spacial score (nSPS) is 17.1. The summed E-state index contributed by atoms with van der Waals surface area (Å²) in [4.78, 5) is 38.7. The van der Waals surface area contributed by atoms with Crippen molar-refractivity contribution in [3.8, 4) is 0 Å². The van der Waals surface area contributed by atoms with Gasteiger partial charge in [0.05, 0.1) is 17.8 Å². The number of fused-ring (bicyclic) bond motifs is 1. The highest BCUT2D eigenvalue weighted by molar-refractivity contribution is 6.09. The minimum Gasteiger partial charge on any atom is -0.343 e. The number of rotatable bonds is 3. The van der Waals surface area contributed by atoms with Gasteiger partial charge in [-0.2, -0.15) is 0 Å². The minimum atomic E-state index is -0.311. The van der Waals surface area contributed by atoms with Gasteiger partial charge in [0.1, 0.15) is 0 Å². The van der Waals surface area contributed by atoms with Crippen molar-refractivity contribution in [3.63, 3.8) is 0 Å². The summed E-state index contributed by atoms with van der Waals surface area (Å²) < 4.78 is 0. The van der Waals surface area contributed by atoms with E-state index in [9.17, 15) is 14.4 Å². The summed E-state index contributed by atoms with van der Waals surface area (Å²) >= 11 is 0. The van der Waals surface area contributed by atoms with Gasteiger partial charge in [-0.15, -0.1) is 0 Å². The fraction of sp³-hybridized carbons (Fsp3) is 0.375. The van der Waals surface area contributed by atoms with Crippen LogP contribution in [0.25, 0.3) is 0 Å². The van der Waals surface area contributed by atoms with Crippen LogP contribution in [0.1, 0.15) is 50.2 Å². The van der Waals surface area contributed by atoms with Gasteiger partial charge >= 0.3 is 0 Å². The van der Waals surface area contributed by atoms with Crippen molar-refractivity contribution in [3.05, 3.63) is 64.2 Å². The molecule has 0 spiro atoms. The van der Waals surface area contributed by atoms with E-state index in [0.717, 1.165) is 32.4 Å².